The van der Waals surface area contributed by atoms with Crippen molar-refractivity contribution in [1.29, 1.82) is 5.26 Å². The van der Waals surface area contributed by atoms with E-state index in [1.807, 2.05) is 6.07 Å². The first-order valence-corrected chi connectivity index (χ1v) is 6.27. The van der Waals surface area contributed by atoms with E-state index in [1.54, 1.807) is 23.1 Å². The predicted octanol–water partition coefficient (Wildman–Crippen LogP) is 1.45. The van der Waals surface area contributed by atoms with Crippen molar-refractivity contribution in [1.82, 2.24) is 4.90 Å². The van der Waals surface area contributed by atoms with Crippen LogP contribution in [0, 0.1) is 11.3 Å². The molecule has 6 heteroatoms. The van der Waals surface area contributed by atoms with Crippen LogP contribution >= 0.6 is 11.6 Å². The van der Waals surface area contributed by atoms with Gasteiger partial charge in [-0.2, -0.15) is 5.26 Å². The van der Waals surface area contributed by atoms with E-state index in [1.165, 1.54) is 0 Å². The van der Waals surface area contributed by atoms with Gasteiger partial charge in [0, 0.05) is 13.1 Å². The Morgan fingerprint density at radius 2 is 2.21 bits per heavy atom. The molecule has 0 aromatic heterocycles. The number of hydrogen-bond acceptors (Lipinski definition) is 4. The Labute approximate surface area is 116 Å². The Morgan fingerprint density at radius 3 is 2.89 bits per heavy atom. The summed E-state index contributed by atoms with van der Waals surface area (Å²) >= 11 is 5.88. The van der Waals surface area contributed by atoms with Crippen LogP contribution in [0.5, 0.6) is 5.75 Å². The number of carbonyl (C=O) groups is 1. The Bertz CT molecular complexity index is 507. The maximum Gasteiger partial charge on any atom is 0.260 e. The third-order valence-electron chi connectivity index (χ3n) is 2.80. The lowest BCUT2D eigenvalue weighted by atomic mass is 10.2. The minimum atomic E-state index is -0.118. The molecule has 19 heavy (non-hydrogen) atoms. The molecule has 1 amide bonds. The van der Waals surface area contributed by atoms with Crippen LogP contribution in [-0.2, 0) is 9.53 Å². The maximum atomic E-state index is 11.9. The smallest absolute Gasteiger partial charge is 0.260 e. The fourth-order valence-electron chi connectivity index (χ4n) is 1.78. The van der Waals surface area contributed by atoms with E-state index in [4.69, 9.17) is 26.3 Å². The molecule has 1 aromatic rings. The molecule has 0 spiro atoms. The van der Waals surface area contributed by atoms with Gasteiger partial charge in [0.25, 0.3) is 5.91 Å². The quantitative estimate of drug-likeness (QED) is 0.841. The van der Waals surface area contributed by atoms with Crippen molar-refractivity contribution in [2.75, 3.05) is 32.9 Å². The topological polar surface area (TPSA) is 62.6 Å². The third-order valence-corrected chi connectivity index (χ3v) is 3.12. The van der Waals surface area contributed by atoms with Gasteiger partial charge in [0.2, 0.25) is 0 Å². The molecule has 0 bridgehead atoms. The molecule has 1 aliphatic heterocycles. The van der Waals surface area contributed by atoms with E-state index in [0.29, 0.717) is 37.1 Å². The number of halogens is 1. The lowest BCUT2D eigenvalue weighted by Gasteiger charge is -2.26. The zero-order valence-corrected chi connectivity index (χ0v) is 11.0. The summed E-state index contributed by atoms with van der Waals surface area (Å²) in [7, 11) is 0. The van der Waals surface area contributed by atoms with Crippen LogP contribution in [0.25, 0.3) is 0 Å². The van der Waals surface area contributed by atoms with Crippen LogP contribution in [0.15, 0.2) is 18.2 Å². The fourth-order valence-corrected chi connectivity index (χ4v) is 1.98. The second-order valence-electron chi connectivity index (χ2n) is 4.01. The summed E-state index contributed by atoms with van der Waals surface area (Å²) in [6.45, 7) is 2.14. The molecule has 2 rings (SSSR count). The number of benzene rings is 1. The van der Waals surface area contributed by atoms with Crippen molar-refractivity contribution >= 4 is 17.5 Å². The Morgan fingerprint density at radius 1 is 1.47 bits per heavy atom. The number of amides is 1. The largest absolute Gasteiger partial charge is 0.482 e. The average Bonchev–Trinajstić information content (AvgIpc) is 2.45. The molecule has 0 N–H and O–H groups in total. The second-order valence-corrected chi connectivity index (χ2v) is 4.41. The second kappa shape index (κ2) is 6.41. The van der Waals surface area contributed by atoms with Gasteiger partial charge in [-0.15, -0.1) is 0 Å². The van der Waals surface area contributed by atoms with Gasteiger partial charge in [0.15, 0.2) is 6.61 Å². The van der Waals surface area contributed by atoms with Crippen molar-refractivity contribution < 1.29 is 14.3 Å². The molecule has 0 atom stereocenters. The highest BCUT2D eigenvalue weighted by atomic mass is 35.5. The van der Waals surface area contributed by atoms with Gasteiger partial charge in [0.05, 0.1) is 18.2 Å². The normalized spacial score (nSPS) is 14.8. The van der Waals surface area contributed by atoms with Crippen molar-refractivity contribution in [2.45, 2.75) is 0 Å². The van der Waals surface area contributed by atoms with Gasteiger partial charge < -0.3 is 14.4 Å². The molecular weight excluding hydrogens is 268 g/mol. The first kappa shape index (κ1) is 13.7. The molecule has 100 valence electrons. The number of nitrogens with zero attached hydrogens (tertiary/aromatic N) is 2. The lowest BCUT2D eigenvalue weighted by molar-refractivity contribution is -0.137. The zero-order chi connectivity index (χ0) is 13.7. The predicted molar refractivity (Wildman–Crippen MR) is 69.1 cm³/mol. The van der Waals surface area contributed by atoms with Gasteiger partial charge in [0.1, 0.15) is 17.4 Å². The maximum absolute atomic E-state index is 11.9. The first-order valence-electron chi connectivity index (χ1n) is 5.89. The standard InChI is InChI=1S/C13H13ClN2O3/c14-11-2-1-3-12(10(11)8-15)19-9-13(17)16-4-6-18-7-5-16/h1-3H,4-7,9H2. The monoisotopic (exact) mass is 280 g/mol. The molecule has 1 fully saturated rings. The number of nitriles is 1. The summed E-state index contributed by atoms with van der Waals surface area (Å²) in [5, 5.41) is 9.31. The Kier molecular flexibility index (Phi) is 4.61. The van der Waals surface area contributed by atoms with E-state index in [2.05, 4.69) is 0 Å². The van der Waals surface area contributed by atoms with Gasteiger partial charge in [-0.25, -0.2) is 0 Å². The highest BCUT2D eigenvalue weighted by molar-refractivity contribution is 6.31. The fraction of sp³-hybridized carbons (Fsp3) is 0.385. The number of carbonyl (C=O) groups excluding carboxylic acids is 1. The van der Waals surface area contributed by atoms with Gasteiger partial charge in [-0.3, -0.25) is 4.79 Å². The molecule has 1 aromatic carbocycles. The van der Waals surface area contributed by atoms with Crippen LogP contribution in [0.3, 0.4) is 0 Å². The van der Waals surface area contributed by atoms with Crippen LogP contribution < -0.4 is 4.74 Å². The Hall–Kier alpha value is -1.77. The highest BCUT2D eigenvalue weighted by Crippen LogP contribution is 2.25. The van der Waals surface area contributed by atoms with Crippen molar-refractivity contribution in [2.24, 2.45) is 0 Å². The van der Waals surface area contributed by atoms with Crippen LogP contribution in [0.2, 0.25) is 5.02 Å². The summed E-state index contributed by atoms with van der Waals surface area (Å²) in [6, 6.07) is 6.87. The van der Waals surface area contributed by atoms with Gasteiger partial charge in [-0.05, 0) is 12.1 Å². The van der Waals surface area contributed by atoms with Crippen molar-refractivity contribution in [3.8, 4) is 11.8 Å². The minimum Gasteiger partial charge on any atom is -0.482 e. The van der Waals surface area contributed by atoms with Crippen LogP contribution in [-0.4, -0.2) is 43.7 Å². The average molecular weight is 281 g/mol. The van der Waals surface area contributed by atoms with E-state index >= 15 is 0 Å². The minimum absolute atomic E-state index is 0.102. The molecule has 1 aliphatic rings. The number of rotatable bonds is 3. The summed E-state index contributed by atoms with van der Waals surface area (Å²) in [6.07, 6.45) is 0. The van der Waals surface area contributed by atoms with E-state index in [-0.39, 0.29) is 18.1 Å². The molecule has 1 heterocycles. The lowest BCUT2D eigenvalue weighted by Crippen LogP contribution is -2.43. The van der Waals surface area contributed by atoms with Crippen LogP contribution in [0.4, 0.5) is 0 Å². The van der Waals surface area contributed by atoms with Crippen molar-refractivity contribution in [3.05, 3.63) is 28.8 Å². The van der Waals surface area contributed by atoms with Crippen molar-refractivity contribution in [3.63, 3.8) is 0 Å². The first-order chi connectivity index (χ1) is 9.22. The van der Waals surface area contributed by atoms with E-state index in [0.717, 1.165) is 0 Å². The molecule has 0 radical (unpaired) electrons. The van der Waals surface area contributed by atoms with E-state index in [9.17, 15) is 4.79 Å². The van der Waals surface area contributed by atoms with Crippen LogP contribution in [0.1, 0.15) is 5.56 Å². The summed E-state index contributed by atoms with van der Waals surface area (Å²) < 4.78 is 10.6. The molecule has 5 nitrogen and oxygen atoms in total. The summed E-state index contributed by atoms with van der Waals surface area (Å²) in [4.78, 5) is 13.6. The highest BCUT2D eigenvalue weighted by Gasteiger charge is 2.18. The molecular formula is C13H13ClN2O3. The Balaban J connectivity index is 1.97. The molecule has 0 aliphatic carbocycles. The van der Waals surface area contributed by atoms with Gasteiger partial charge >= 0.3 is 0 Å². The molecule has 1 saturated heterocycles. The summed E-state index contributed by atoms with van der Waals surface area (Å²) in [5.74, 6) is 0.212. The molecule has 0 saturated carbocycles. The number of ether oxygens (including phenoxy) is 2. The zero-order valence-electron chi connectivity index (χ0n) is 10.3. The SMILES string of the molecule is N#Cc1c(Cl)cccc1OCC(=O)N1CCOCC1. The molecule has 0 unspecified atom stereocenters. The van der Waals surface area contributed by atoms with E-state index < -0.39 is 0 Å². The number of hydrogen-bond donors (Lipinski definition) is 0. The van der Waals surface area contributed by atoms with Gasteiger partial charge in [-0.1, -0.05) is 17.7 Å². The third kappa shape index (κ3) is 3.37. The summed E-state index contributed by atoms with van der Waals surface area (Å²) in [5.41, 5.74) is 0.249. The number of morpholine rings is 1.